The maximum atomic E-state index is 15.0. The summed E-state index contributed by atoms with van der Waals surface area (Å²) in [5, 5.41) is 0. The fraction of sp³-hybridized carbons (Fsp3) is 0.259. The van der Waals surface area contributed by atoms with E-state index in [1.165, 1.54) is 0 Å². The lowest BCUT2D eigenvalue weighted by molar-refractivity contribution is 0.340. The Kier molecular flexibility index (Phi) is 6.48. The second-order valence-electron chi connectivity index (χ2n) is 7.72. The molecule has 1 aliphatic rings. The van der Waals surface area contributed by atoms with Crippen molar-refractivity contribution in [2.75, 3.05) is 6.61 Å². The standard InChI is InChI=1S/C27H27FO2/c1-2-29-24-15-13-22(14-16-24)27(21-11-12-21)19-23(28)17-20-7-6-10-26(18-20)30-25-8-4-3-5-9-25/h3-10,13-16,18-19,21,27H,2,11-12,17H2,1H3. The largest absolute Gasteiger partial charge is 0.494 e. The van der Waals surface area contributed by atoms with Crippen LogP contribution in [0.4, 0.5) is 4.39 Å². The van der Waals surface area contributed by atoms with Gasteiger partial charge in [0.25, 0.3) is 0 Å². The summed E-state index contributed by atoms with van der Waals surface area (Å²) in [4.78, 5) is 0. The van der Waals surface area contributed by atoms with Gasteiger partial charge in [0.15, 0.2) is 0 Å². The van der Waals surface area contributed by atoms with Crippen LogP contribution in [0.25, 0.3) is 0 Å². The van der Waals surface area contributed by atoms with Crippen molar-refractivity contribution in [1.82, 2.24) is 0 Å². The molecule has 154 valence electrons. The molecule has 0 bridgehead atoms. The molecule has 2 nitrogen and oxygen atoms in total. The molecule has 1 atom stereocenters. The summed E-state index contributed by atoms with van der Waals surface area (Å²) >= 11 is 0. The van der Waals surface area contributed by atoms with Crippen LogP contribution in [-0.2, 0) is 6.42 Å². The highest BCUT2D eigenvalue weighted by atomic mass is 19.1. The van der Waals surface area contributed by atoms with Gasteiger partial charge in [0, 0.05) is 12.3 Å². The molecule has 0 radical (unpaired) electrons. The highest BCUT2D eigenvalue weighted by molar-refractivity contribution is 5.36. The molecule has 0 heterocycles. The normalized spacial score (nSPS) is 14.9. The van der Waals surface area contributed by atoms with Crippen LogP contribution in [0, 0.1) is 5.92 Å². The summed E-state index contributed by atoms with van der Waals surface area (Å²) in [5.41, 5.74) is 2.05. The van der Waals surface area contributed by atoms with E-state index in [0.29, 0.717) is 12.5 Å². The van der Waals surface area contributed by atoms with E-state index in [-0.39, 0.29) is 18.2 Å². The molecule has 3 aromatic carbocycles. The van der Waals surface area contributed by atoms with Crippen molar-refractivity contribution in [3.63, 3.8) is 0 Å². The lowest BCUT2D eigenvalue weighted by atomic mass is 9.92. The number of para-hydroxylation sites is 1. The van der Waals surface area contributed by atoms with Crippen LogP contribution in [0.3, 0.4) is 0 Å². The van der Waals surface area contributed by atoms with E-state index in [4.69, 9.17) is 9.47 Å². The Morgan fingerprint density at radius 2 is 1.67 bits per heavy atom. The van der Waals surface area contributed by atoms with E-state index in [0.717, 1.165) is 41.2 Å². The summed E-state index contributed by atoms with van der Waals surface area (Å²) < 4.78 is 26.4. The molecule has 1 saturated carbocycles. The molecule has 3 aromatic rings. The van der Waals surface area contributed by atoms with Gasteiger partial charge in [-0.2, -0.15) is 0 Å². The predicted molar refractivity (Wildman–Crippen MR) is 119 cm³/mol. The summed E-state index contributed by atoms with van der Waals surface area (Å²) in [7, 11) is 0. The van der Waals surface area contributed by atoms with Gasteiger partial charge in [-0.1, -0.05) is 42.5 Å². The van der Waals surface area contributed by atoms with E-state index < -0.39 is 0 Å². The number of allylic oxidation sites excluding steroid dienone is 2. The van der Waals surface area contributed by atoms with Crippen LogP contribution >= 0.6 is 0 Å². The Labute approximate surface area is 178 Å². The summed E-state index contributed by atoms with van der Waals surface area (Å²) in [6.07, 6.45) is 4.38. The third kappa shape index (κ3) is 5.50. The second kappa shape index (κ2) is 9.62. The van der Waals surface area contributed by atoms with Crippen molar-refractivity contribution in [2.45, 2.75) is 32.1 Å². The van der Waals surface area contributed by atoms with Crippen LogP contribution in [0.1, 0.15) is 36.8 Å². The molecule has 0 amide bonds. The van der Waals surface area contributed by atoms with Crippen LogP contribution in [-0.4, -0.2) is 6.61 Å². The molecule has 0 aliphatic heterocycles. The zero-order valence-corrected chi connectivity index (χ0v) is 17.3. The molecule has 1 unspecified atom stereocenters. The fourth-order valence-corrected chi connectivity index (χ4v) is 3.71. The third-order valence-electron chi connectivity index (χ3n) is 5.32. The number of ether oxygens (including phenoxy) is 2. The Morgan fingerprint density at radius 1 is 0.933 bits per heavy atom. The fourth-order valence-electron chi connectivity index (χ4n) is 3.71. The average Bonchev–Trinajstić information content (AvgIpc) is 3.59. The third-order valence-corrected chi connectivity index (χ3v) is 5.32. The summed E-state index contributed by atoms with van der Waals surface area (Å²) in [6.45, 7) is 2.62. The van der Waals surface area contributed by atoms with E-state index in [1.807, 2.05) is 73.7 Å². The molecule has 4 rings (SSSR count). The van der Waals surface area contributed by atoms with Crippen molar-refractivity contribution in [3.8, 4) is 17.2 Å². The van der Waals surface area contributed by atoms with Gasteiger partial charge in [-0.3, -0.25) is 0 Å². The van der Waals surface area contributed by atoms with Crippen molar-refractivity contribution in [3.05, 3.63) is 102 Å². The minimum absolute atomic E-state index is 0.0994. The lowest BCUT2D eigenvalue weighted by Crippen LogP contribution is -2.00. The topological polar surface area (TPSA) is 18.5 Å². The molecule has 1 aliphatic carbocycles. The van der Waals surface area contributed by atoms with Crippen molar-refractivity contribution < 1.29 is 13.9 Å². The molecule has 30 heavy (non-hydrogen) atoms. The average molecular weight is 403 g/mol. The molecular weight excluding hydrogens is 375 g/mol. The molecule has 1 fully saturated rings. The van der Waals surface area contributed by atoms with Crippen molar-refractivity contribution in [2.24, 2.45) is 5.92 Å². The number of halogens is 1. The second-order valence-corrected chi connectivity index (χ2v) is 7.72. The van der Waals surface area contributed by atoms with Crippen molar-refractivity contribution in [1.29, 1.82) is 0 Å². The van der Waals surface area contributed by atoms with Crippen LogP contribution in [0.15, 0.2) is 90.8 Å². The SMILES string of the molecule is CCOc1ccc(C(C=C(F)Cc2cccc(Oc3ccccc3)c2)C2CC2)cc1. The molecule has 0 saturated heterocycles. The van der Waals surface area contributed by atoms with E-state index in [9.17, 15) is 4.39 Å². The first-order valence-electron chi connectivity index (χ1n) is 10.6. The van der Waals surface area contributed by atoms with Crippen molar-refractivity contribution >= 4 is 0 Å². The van der Waals surface area contributed by atoms with Gasteiger partial charge in [-0.25, -0.2) is 4.39 Å². The molecule has 0 aromatic heterocycles. The maximum absolute atomic E-state index is 15.0. The number of hydrogen-bond acceptors (Lipinski definition) is 2. The Hall–Kier alpha value is -3.07. The zero-order chi connectivity index (χ0) is 20.8. The first-order chi connectivity index (χ1) is 14.7. The molecule has 0 N–H and O–H groups in total. The smallest absolute Gasteiger partial charge is 0.127 e. The van der Waals surface area contributed by atoms with Gasteiger partial charge in [0.05, 0.1) is 6.61 Å². The van der Waals surface area contributed by atoms with Gasteiger partial charge < -0.3 is 9.47 Å². The number of benzene rings is 3. The summed E-state index contributed by atoms with van der Waals surface area (Å²) in [6, 6.07) is 25.3. The maximum Gasteiger partial charge on any atom is 0.127 e. The minimum Gasteiger partial charge on any atom is -0.494 e. The summed E-state index contributed by atoms with van der Waals surface area (Å²) in [5.74, 6) is 2.89. The highest BCUT2D eigenvalue weighted by Gasteiger charge is 2.31. The predicted octanol–water partition coefficient (Wildman–Crippen LogP) is 7.47. The van der Waals surface area contributed by atoms with E-state index in [1.54, 1.807) is 6.08 Å². The quantitative estimate of drug-likeness (QED) is 0.370. The van der Waals surface area contributed by atoms with Gasteiger partial charge in [-0.05, 0) is 79.3 Å². The zero-order valence-electron chi connectivity index (χ0n) is 17.3. The van der Waals surface area contributed by atoms with Crippen LogP contribution in [0.5, 0.6) is 17.2 Å². The van der Waals surface area contributed by atoms with Gasteiger partial charge >= 0.3 is 0 Å². The Balaban J connectivity index is 1.46. The monoisotopic (exact) mass is 402 g/mol. The Bertz CT molecular complexity index is 975. The van der Waals surface area contributed by atoms with Gasteiger partial charge in [0.1, 0.15) is 23.1 Å². The lowest BCUT2D eigenvalue weighted by Gasteiger charge is -2.14. The van der Waals surface area contributed by atoms with E-state index >= 15 is 0 Å². The van der Waals surface area contributed by atoms with Crippen LogP contribution in [0.2, 0.25) is 0 Å². The van der Waals surface area contributed by atoms with Gasteiger partial charge in [0.2, 0.25) is 0 Å². The first-order valence-corrected chi connectivity index (χ1v) is 10.6. The van der Waals surface area contributed by atoms with Gasteiger partial charge in [-0.15, -0.1) is 0 Å². The van der Waals surface area contributed by atoms with Crippen LogP contribution < -0.4 is 9.47 Å². The first kappa shape index (κ1) is 20.2. The number of rotatable bonds is 9. The highest BCUT2D eigenvalue weighted by Crippen LogP contribution is 2.44. The minimum atomic E-state index is -0.0994. The Morgan fingerprint density at radius 3 is 2.37 bits per heavy atom. The number of hydrogen-bond donors (Lipinski definition) is 0. The van der Waals surface area contributed by atoms with E-state index in [2.05, 4.69) is 12.1 Å². The molecular formula is C27H27FO2. The molecule has 3 heteroatoms. The molecule has 0 spiro atoms.